The normalized spacial score (nSPS) is 11.8. The molecule has 2 aromatic carbocycles. The van der Waals surface area contributed by atoms with Gasteiger partial charge < -0.3 is 9.30 Å². The lowest BCUT2D eigenvalue weighted by Crippen LogP contribution is -2.38. The molecule has 3 rings (SSSR count). The lowest BCUT2D eigenvalue weighted by atomic mass is 10.1. The van der Waals surface area contributed by atoms with E-state index in [1.54, 1.807) is 42.1 Å². The highest BCUT2D eigenvalue weighted by molar-refractivity contribution is 7.98. The van der Waals surface area contributed by atoms with Gasteiger partial charge in [-0.1, -0.05) is 23.8 Å². The van der Waals surface area contributed by atoms with Crippen LogP contribution in [0.1, 0.15) is 16.7 Å². The van der Waals surface area contributed by atoms with Crippen molar-refractivity contribution in [3.63, 3.8) is 0 Å². The molecule has 6 heteroatoms. The monoisotopic (exact) mass is 409 g/mol. The second-order valence-corrected chi connectivity index (χ2v) is 8.10. The Balaban J connectivity index is 2.38. The molecule has 1 aromatic heterocycles. The summed E-state index contributed by atoms with van der Waals surface area (Å²) in [6, 6.07) is 10.3. The Morgan fingerprint density at radius 2 is 1.69 bits per heavy atom. The van der Waals surface area contributed by atoms with Crippen molar-refractivity contribution in [3.8, 4) is 16.9 Å². The highest BCUT2D eigenvalue weighted by Crippen LogP contribution is 2.31. The van der Waals surface area contributed by atoms with E-state index in [0.717, 1.165) is 38.6 Å². The second kappa shape index (κ2) is 8.33. The first-order valence-electron chi connectivity index (χ1n) is 9.38. The van der Waals surface area contributed by atoms with Crippen LogP contribution < -0.4 is 15.9 Å². The molecule has 0 spiro atoms. The number of aryl methyl sites for hydroxylation is 4. The summed E-state index contributed by atoms with van der Waals surface area (Å²) in [7, 11) is 5.20. The SMILES string of the molecule is COc1ccc(-c2cn(C)c(=O)n(C)c2=Nc2c(C)cc(C)cc2C)cc1SC. The minimum Gasteiger partial charge on any atom is -0.496 e. The zero-order valence-corrected chi connectivity index (χ0v) is 18.8. The van der Waals surface area contributed by atoms with Gasteiger partial charge in [-0.05, 0) is 55.9 Å². The maximum atomic E-state index is 12.7. The fourth-order valence-electron chi connectivity index (χ4n) is 3.61. The Morgan fingerprint density at radius 1 is 1.03 bits per heavy atom. The fraction of sp³-hybridized carbons (Fsp3) is 0.304. The Hall–Kier alpha value is -2.73. The number of benzene rings is 2. The quantitative estimate of drug-likeness (QED) is 0.605. The zero-order chi connectivity index (χ0) is 21.3. The first kappa shape index (κ1) is 21.0. The van der Waals surface area contributed by atoms with Crippen molar-refractivity contribution in [1.82, 2.24) is 9.13 Å². The molecule has 5 nitrogen and oxygen atoms in total. The highest BCUT2D eigenvalue weighted by Gasteiger charge is 2.12. The molecule has 0 N–H and O–H groups in total. The van der Waals surface area contributed by atoms with Crippen molar-refractivity contribution in [2.75, 3.05) is 13.4 Å². The van der Waals surface area contributed by atoms with E-state index in [2.05, 4.69) is 39.0 Å². The van der Waals surface area contributed by atoms with E-state index in [-0.39, 0.29) is 5.69 Å². The van der Waals surface area contributed by atoms with Gasteiger partial charge in [0, 0.05) is 30.8 Å². The van der Waals surface area contributed by atoms with Gasteiger partial charge in [0.25, 0.3) is 0 Å². The van der Waals surface area contributed by atoms with Gasteiger partial charge in [0.05, 0.1) is 12.8 Å². The molecular formula is C23H27N3O2S. The van der Waals surface area contributed by atoms with Crippen LogP contribution in [0.2, 0.25) is 0 Å². The number of nitrogens with zero attached hydrogens (tertiary/aromatic N) is 3. The Bertz CT molecular complexity index is 1180. The lowest BCUT2D eigenvalue weighted by Gasteiger charge is -2.13. The summed E-state index contributed by atoms with van der Waals surface area (Å²) in [4.78, 5) is 18.7. The number of rotatable bonds is 4. The van der Waals surface area contributed by atoms with E-state index in [4.69, 9.17) is 9.73 Å². The van der Waals surface area contributed by atoms with Crippen molar-refractivity contribution in [3.05, 3.63) is 69.2 Å². The number of aromatic nitrogens is 2. The molecule has 0 aliphatic heterocycles. The van der Waals surface area contributed by atoms with Crippen molar-refractivity contribution in [2.45, 2.75) is 25.7 Å². The van der Waals surface area contributed by atoms with Crippen LogP contribution in [0, 0.1) is 20.8 Å². The number of hydrogen-bond acceptors (Lipinski definition) is 4. The van der Waals surface area contributed by atoms with E-state index in [9.17, 15) is 4.79 Å². The summed E-state index contributed by atoms with van der Waals surface area (Å²) in [6.45, 7) is 6.19. The van der Waals surface area contributed by atoms with Crippen LogP contribution in [-0.4, -0.2) is 22.5 Å². The molecule has 1 heterocycles. The van der Waals surface area contributed by atoms with Crippen LogP contribution >= 0.6 is 11.8 Å². The van der Waals surface area contributed by atoms with Crippen molar-refractivity contribution in [1.29, 1.82) is 0 Å². The van der Waals surface area contributed by atoms with E-state index in [1.165, 1.54) is 5.56 Å². The molecule has 0 aliphatic rings. The molecule has 0 bridgehead atoms. The summed E-state index contributed by atoms with van der Waals surface area (Å²) >= 11 is 1.63. The average Bonchev–Trinajstić information content (AvgIpc) is 2.69. The predicted molar refractivity (Wildman–Crippen MR) is 120 cm³/mol. The lowest BCUT2D eigenvalue weighted by molar-refractivity contribution is 0.405. The van der Waals surface area contributed by atoms with Gasteiger partial charge in [-0.15, -0.1) is 11.8 Å². The first-order valence-corrected chi connectivity index (χ1v) is 10.6. The number of thioether (sulfide) groups is 1. The standard InChI is InChI=1S/C23H27N3O2S/c1-14-10-15(2)21(16(3)11-14)24-22-18(13-25(4)23(27)26(22)5)17-8-9-19(28-6)20(12-17)29-7/h8-13H,1-7H3. The summed E-state index contributed by atoms with van der Waals surface area (Å²) in [5.74, 6) is 0.833. The Labute approximate surface area is 175 Å². The van der Waals surface area contributed by atoms with Gasteiger partial charge in [-0.3, -0.25) is 4.57 Å². The van der Waals surface area contributed by atoms with E-state index in [1.807, 2.05) is 24.6 Å². The molecule has 0 aliphatic carbocycles. The molecule has 3 aromatic rings. The third-order valence-corrected chi connectivity index (χ3v) is 5.78. The van der Waals surface area contributed by atoms with Gasteiger partial charge >= 0.3 is 5.69 Å². The molecule has 0 amide bonds. The minimum absolute atomic E-state index is 0.117. The van der Waals surface area contributed by atoms with Gasteiger partial charge in [-0.25, -0.2) is 9.79 Å². The summed E-state index contributed by atoms with van der Waals surface area (Å²) in [5, 5.41) is 0. The van der Waals surface area contributed by atoms with Crippen molar-refractivity contribution >= 4 is 17.4 Å². The number of ether oxygens (including phenoxy) is 1. The maximum absolute atomic E-state index is 12.7. The van der Waals surface area contributed by atoms with Crippen molar-refractivity contribution in [2.24, 2.45) is 19.1 Å². The number of hydrogen-bond donors (Lipinski definition) is 0. The van der Waals surface area contributed by atoms with Gasteiger partial charge in [0.15, 0.2) is 0 Å². The third kappa shape index (κ3) is 4.03. The highest BCUT2D eigenvalue weighted by atomic mass is 32.2. The van der Waals surface area contributed by atoms with Crippen LogP contribution in [0.5, 0.6) is 5.75 Å². The van der Waals surface area contributed by atoms with Gasteiger partial charge in [0.2, 0.25) is 0 Å². The number of methoxy groups -OCH3 is 1. The average molecular weight is 410 g/mol. The predicted octanol–water partition coefficient (Wildman–Crippen LogP) is 4.28. The topological polar surface area (TPSA) is 48.5 Å². The molecule has 0 saturated heterocycles. The van der Waals surface area contributed by atoms with Gasteiger partial charge in [0.1, 0.15) is 11.2 Å². The van der Waals surface area contributed by atoms with Crippen LogP contribution in [0.3, 0.4) is 0 Å². The van der Waals surface area contributed by atoms with Crippen molar-refractivity contribution < 1.29 is 4.74 Å². The third-order valence-electron chi connectivity index (χ3n) is 5.02. The summed E-state index contributed by atoms with van der Waals surface area (Å²) in [5.41, 5.74) is 6.69. The first-order chi connectivity index (χ1) is 13.8. The Morgan fingerprint density at radius 3 is 2.28 bits per heavy atom. The largest absolute Gasteiger partial charge is 0.496 e. The summed E-state index contributed by atoms with van der Waals surface area (Å²) < 4.78 is 8.66. The Kier molecular flexibility index (Phi) is 6.03. The molecule has 29 heavy (non-hydrogen) atoms. The zero-order valence-electron chi connectivity index (χ0n) is 18.0. The van der Waals surface area contributed by atoms with Crippen LogP contribution in [-0.2, 0) is 14.1 Å². The maximum Gasteiger partial charge on any atom is 0.329 e. The molecule has 0 fully saturated rings. The molecule has 0 saturated carbocycles. The van der Waals surface area contributed by atoms with E-state index in [0.29, 0.717) is 5.49 Å². The van der Waals surface area contributed by atoms with E-state index < -0.39 is 0 Å². The molecule has 0 radical (unpaired) electrons. The minimum atomic E-state index is -0.117. The van der Waals surface area contributed by atoms with E-state index >= 15 is 0 Å². The molecular weight excluding hydrogens is 382 g/mol. The van der Waals surface area contributed by atoms with Crippen LogP contribution in [0.15, 0.2) is 51.2 Å². The van der Waals surface area contributed by atoms with Crippen LogP contribution in [0.25, 0.3) is 11.1 Å². The smallest absolute Gasteiger partial charge is 0.329 e. The van der Waals surface area contributed by atoms with Gasteiger partial charge in [-0.2, -0.15) is 0 Å². The second-order valence-electron chi connectivity index (χ2n) is 7.25. The molecule has 0 unspecified atom stereocenters. The molecule has 0 atom stereocenters. The fourth-order valence-corrected chi connectivity index (χ4v) is 4.21. The van der Waals surface area contributed by atoms with Crippen LogP contribution in [0.4, 0.5) is 5.69 Å². The molecule has 152 valence electrons. The summed E-state index contributed by atoms with van der Waals surface area (Å²) in [6.07, 6.45) is 3.87.